The van der Waals surface area contributed by atoms with Gasteiger partial charge in [-0.3, -0.25) is 0 Å². The van der Waals surface area contributed by atoms with Gasteiger partial charge in [-0.1, -0.05) is 0 Å². The first kappa shape index (κ1) is 14.6. The zero-order valence-corrected chi connectivity index (χ0v) is 12.0. The van der Waals surface area contributed by atoms with Gasteiger partial charge in [0.05, 0.1) is 32.3 Å². The highest BCUT2D eigenvalue weighted by atomic mass is 16.7. The third-order valence-corrected chi connectivity index (χ3v) is 2.87. The van der Waals surface area contributed by atoms with E-state index >= 15 is 0 Å². The number of rotatable bonds is 4. The molecular formula is C13H22N2O4. The summed E-state index contributed by atoms with van der Waals surface area (Å²) < 4.78 is 22.1. The van der Waals surface area contributed by atoms with Crippen LogP contribution in [0.2, 0.25) is 0 Å². The Labute approximate surface area is 113 Å². The number of hydrogen-bond donors (Lipinski definition) is 0. The standard InChI is InChI=1S/C13H22N2O4/c1-12(2)16-7-10(18-12)5-14-9-15-6-11-8-17-13(3,4)19-11/h10-11H,5-8H2,1-4H3/t10-,11-/m0/s1. The summed E-state index contributed by atoms with van der Waals surface area (Å²) in [5.74, 6) is -1.00. The van der Waals surface area contributed by atoms with Crippen LogP contribution >= 0.6 is 0 Å². The number of aliphatic imine (C=N–C) groups is 2. The second-order valence-corrected chi connectivity index (χ2v) is 5.68. The molecule has 6 nitrogen and oxygen atoms in total. The summed E-state index contributed by atoms with van der Waals surface area (Å²) in [5, 5.41) is 0. The maximum atomic E-state index is 5.61. The third-order valence-electron chi connectivity index (χ3n) is 2.87. The van der Waals surface area contributed by atoms with E-state index in [1.165, 1.54) is 0 Å². The van der Waals surface area contributed by atoms with E-state index in [0.29, 0.717) is 26.3 Å². The Hall–Kier alpha value is -0.780. The zero-order valence-electron chi connectivity index (χ0n) is 12.0. The molecular weight excluding hydrogens is 248 g/mol. The van der Waals surface area contributed by atoms with Gasteiger partial charge in [-0.05, 0) is 27.7 Å². The second-order valence-electron chi connectivity index (χ2n) is 5.68. The van der Waals surface area contributed by atoms with E-state index in [0.717, 1.165) is 0 Å². The smallest absolute Gasteiger partial charge is 0.163 e. The maximum absolute atomic E-state index is 5.61. The normalized spacial score (nSPS) is 32.0. The minimum atomic E-state index is -0.502. The van der Waals surface area contributed by atoms with Crippen molar-refractivity contribution < 1.29 is 18.9 Å². The molecule has 0 aromatic rings. The molecule has 6 heteroatoms. The van der Waals surface area contributed by atoms with Crippen molar-refractivity contribution in [1.82, 2.24) is 0 Å². The van der Waals surface area contributed by atoms with E-state index < -0.39 is 11.6 Å². The van der Waals surface area contributed by atoms with Crippen LogP contribution in [0.1, 0.15) is 27.7 Å². The van der Waals surface area contributed by atoms with Crippen molar-refractivity contribution in [2.24, 2.45) is 9.98 Å². The fourth-order valence-corrected chi connectivity index (χ4v) is 2.04. The van der Waals surface area contributed by atoms with Gasteiger partial charge in [-0.15, -0.1) is 0 Å². The van der Waals surface area contributed by atoms with Crippen molar-refractivity contribution in [1.29, 1.82) is 0 Å². The Morgan fingerprint density at radius 2 is 1.32 bits per heavy atom. The Morgan fingerprint density at radius 3 is 1.63 bits per heavy atom. The molecule has 0 unspecified atom stereocenters. The lowest BCUT2D eigenvalue weighted by Gasteiger charge is -2.16. The molecule has 0 aromatic carbocycles. The van der Waals surface area contributed by atoms with Crippen LogP contribution in [0.5, 0.6) is 0 Å². The fraction of sp³-hybridized carbons (Fsp3) is 0.923. The lowest BCUT2D eigenvalue weighted by atomic mass is 10.4. The van der Waals surface area contributed by atoms with E-state index in [9.17, 15) is 0 Å². The summed E-state index contributed by atoms with van der Waals surface area (Å²) in [6.07, 6.45) is -0.0228. The molecule has 108 valence electrons. The lowest BCUT2D eigenvalue weighted by molar-refractivity contribution is -0.137. The Bertz CT molecular complexity index is 343. The van der Waals surface area contributed by atoms with Gasteiger partial charge in [-0.25, -0.2) is 9.98 Å². The summed E-state index contributed by atoms with van der Waals surface area (Å²) in [6, 6.07) is 2.67. The van der Waals surface area contributed by atoms with Crippen molar-refractivity contribution >= 4 is 6.01 Å². The highest BCUT2D eigenvalue weighted by Gasteiger charge is 2.33. The van der Waals surface area contributed by atoms with E-state index in [1.54, 1.807) is 0 Å². The molecule has 2 saturated heterocycles. The zero-order chi connectivity index (χ0) is 13.9. The molecule has 0 bridgehead atoms. The third kappa shape index (κ3) is 4.67. The lowest BCUT2D eigenvalue weighted by Crippen LogP contribution is -2.22. The van der Waals surface area contributed by atoms with Crippen molar-refractivity contribution in [3.05, 3.63) is 0 Å². The molecule has 2 rings (SSSR count). The quantitative estimate of drug-likeness (QED) is 0.726. The molecule has 0 aliphatic carbocycles. The second kappa shape index (κ2) is 5.69. The predicted octanol–water partition coefficient (Wildman–Crippen LogP) is 1.46. The molecule has 0 saturated carbocycles. The molecule has 2 fully saturated rings. The van der Waals surface area contributed by atoms with Crippen LogP contribution in [0.4, 0.5) is 0 Å². The summed E-state index contributed by atoms with van der Waals surface area (Å²) in [4.78, 5) is 8.20. The molecule has 2 atom stereocenters. The van der Waals surface area contributed by atoms with E-state index in [2.05, 4.69) is 16.0 Å². The molecule has 2 aliphatic heterocycles. The molecule has 2 heterocycles. The molecule has 0 N–H and O–H groups in total. The Morgan fingerprint density at radius 1 is 0.895 bits per heavy atom. The molecule has 0 aromatic heterocycles. The van der Waals surface area contributed by atoms with Crippen molar-refractivity contribution in [2.75, 3.05) is 26.3 Å². The van der Waals surface area contributed by atoms with Crippen LogP contribution in [0, 0.1) is 0 Å². The van der Waals surface area contributed by atoms with Gasteiger partial charge in [0.25, 0.3) is 0 Å². The number of hydrogen-bond acceptors (Lipinski definition) is 6. The molecule has 0 amide bonds. The highest BCUT2D eigenvalue weighted by Crippen LogP contribution is 2.22. The topological polar surface area (TPSA) is 61.6 Å². The first-order valence-electron chi connectivity index (χ1n) is 6.58. The van der Waals surface area contributed by atoms with Crippen LogP contribution in [0.15, 0.2) is 9.98 Å². The first-order valence-corrected chi connectivity index (χ1v) is 6.58. The van der Waals surface area contributed by atoms with Gasteiger partial charge < -0.3 is 18.9 Å². The Balaban J connectivity index is 1.67. The average molecular weight is 270 g/mol. The van der Waals surface area contributed by atoms with Crippen molar-refractivity contribution in [2.45, 2.75) is 51.5 Å². The van der Waals surface area contributed by atoms with Crippen LogP contribution in [0.3, 0.4) is 0 Å². The van der Waals surface area contributed by atoms with Crippen LogP contribution in [0.25, 0.3) is 0 Å². The number of ether oxygens (including phenoxy) is 4. The monoisotopic (exact) mass is 270 g/mol. The summed E-state index contributed by atoms with van der Waals surface area (Å²) >= 11 is 0. The van der Waals surface area contributed by atoms with Gasteiger partial charge in [0, 0.05) is 0 Å². The van der Waals surface area contributed by atoms with Crippen molar-refractivity contribution in [3.8, 4) is 0 Å². The molecule has 0 radical (unpaired) electrons. The van der Waals surface area contributed by atoms with E-state index in [-0.39, 0.29) is 12.2 Å². The summed E-state index contributed by atoms with van der Waals surface area (Å²) in [5.41, 5.74) is 0. The summed E-state index contributed by atoms with van der Waals surface area (Å²) in [7, 11) is 0. The van der Waals surface area contributed by atoms with Gasteiger partial charge in [0.2, 0.25) is 0 Å². The Kier molecular flexibility index (Phi) is 4.38. The van der Waals surface area contributed by atoms with E-state index in [1.807, 2.05) is 27.7 Å². The minimum Gasteiger partial charge on any atom is -0.348 e. The highest BCUT2D eigenvalue weighted by molar-refractivity contribution is 5.41. The van der Waals surface area contributed by atoms with Gasteiger partial charge in [0.15, 0.2) is 11.6 Å². The van der Waals surface area contributed by atoms with Gasteiger partial charge >= 0.3 is 0 Å². The summed E-state index contributed by atoms with van der Waals surface area (Å²) in [6.45, 7) is 9.72. The minimum absolute atomic E-state index is 0.0114. The maximum Gasteiger partial charge on any atom is 0.163 e. The van der Waals surface area contributed by atoms with Crippen molar-refractivity contribution in [3.63, 3.8) is 0 Å². The van der Waals surface area contributed by atoms with Gasteiger partial charge in [0.1, 0.15) is 12.2 Å². The average Bonchev–Trinajstić information content (AvgIpc) is 2.81. The largest absolute Gasteiger partial charge is 0.348 e. The molecule has 19 heavy (non-hydrogen) atoms. The van der Waals surface area contributed by atoms with Crippen LogP contribution in [-0.4, -0.2) is 56.1 Å². The van der Waals surface area contributed by atoms with Crippen LogP contribution < -0.4 is 0 Å². The SMILES string of the molecule is CC1(C)OC[C@H](CN=C=NC[C@H]2COC(C)(C)O2)O1. The van der Waals surface area contributed by atoms with Crippen LogP contribution in [-0.2, 0) is 18.9 Å². The fourth-order valence-electron chi connectivity index (χ4n) is 2.04. The van der Waals surface area contributed by atoms with Gasteiger partial charge in [-0.2, -0.15) is 0 Å². The molecule has 0 spiro atoms. The van der Waals surface area contributed by atoms with E-state index in [4.69, 9.17) is 18.9 Å². The first-order chi connectivity index (χ1) is 8.86. The predicted molar refractivity (Wildman–Crippen MR) is 69.4 cm³/mol. The number of nitrogens with zero attached hydrogens (tertiary/aromatic N) is 2. The molecule has 2 aliphatic rings.